The molecule has 2 N–H and O–H groups in total. The van der Waals surface area contributed by atoms with Crippen LogP contribution in [0.5, 0.6) is 0 Å². The van der Waals surface area contributed by atoms with Crippen LogP contribution in [0.15, 0.2) is 48.5 Å². The molecule has 1 atom stereocenters. The number of carbonyl (C=O) groups is 2. The first-order valence-corrected chi connectivity index (χ1v) is 9.54. The third-order valence-electron chi connectivity index (χ3n) is 4.80. The van der Waals surface area contributed by atoms with Crippen LogP contribution in [0, 0.1) is 0 Å². The minimum Gasteiger partial charge on any atom is -0.353 e. The molecule has 0 aromatic heterocycles. The zero-order valence-corrected chi connectivity index (χ0v) is 16.1. The first-order valence-electron chi connectivity index (χ1n) is 9.17. The van der Waals surface area contributed by atoms with Gasteiger partial charge < -0.3 is 10.6 Å². The summed E-state index contributed by atoms with van der Waals surface area (Å²) in [4.78, 5) is 26.8. The molecule has 0 spiro atoms. The third-order valence-corrected chi connectivity index (χ3v) is 5.13. The van der Waals surface area contributed by atoms with Crippen molar-refractivity contribution in [3.8, 4) is 0 Å². The van der Waals surface area contributed by atoms with Gasteiger partial charge in [-0.15, -0.1) is 0 Å². The molecule has 0 unspecified atom stereocenters. The summed E-state index contributed by atoms with van der Waals surface area (Å²) in [5.74, 6) is -0.552. The fourth-order valence-corrected chi connectivity index (χ4v) is 3.44. The summed E-state index contributed by atoms with van der Waals surface area (Å²) in [6.07, 6.45) is 1.04. The van der Waals surface area contributed by atoms with E-state index in [1.54, 1.807) is 31.2 Å². The summed E-state index contributed by atoms with van der Waals surface area (Å²) in [6.45, 7) is 4.90. The molecule has 5 nitrogen and oxygen atoms in total. The monoisotopic (exact) mass is 385 g/mol. The van der Waals surface area contributed by atoms with Gasteiger partial charge in [0.05, 0.1) is 10.6 Å². The van der Waals surface area contributed by atoms with Gasteiger partial charge in [0.15, 0.2) is 0 Å². The maximum atomic E-state index is 12.3. The number of carbonyl (C=O) groups excluding carboxylic acids is 2. The summed E-state index contributed by atoms with van der Waals surface area (Å²) in [5.41, 5.74) is 3.13. The molecule has 0 fully saturated rings. The van der Waals surface area contributed by atoms with E-state index in [1.807, 2.05) is 0 Å². The molecule has 2 aromatic rings. The van der Waals surface area contributed by atoms with Gasteiger partial charge >= 0.3 is 0 Å². The maximum Gasteiger partial charge on any atom is 0.253 e. The largest absolute Gasteiger partial charge is 0.353 e. The average Bonchev–Trinajstić information content (AvgIpc) is 2.68. The number of amides is 2. The van der Waals surface area contributed by atoms with Crippen LogP contribution in [0.3, 0.4) is 0 Å². The summed E-state index contributed by atoms with van der Waals surface area (Å²) >= 11 is 6.02. The molecule has 142 valence electrons. The molecule has 1 aliphatic rings. The van der Waals surface area contributed by atoms with Crippen molar-refractivity contribution in [1.29, 1.82) is 0 Å². The molecule has 0 aliphatic carbocycles. The van der Waals surface area contributed by atoms with Gasteiger partial charge in [-0.05, 0) is 36.6 Å². The lowest BCUT2D eigenvalue weighted by Crippen LogP contribution is -2.47. The number of nitrogens with zero attached hydrogens (tertiary/aromatic N) is 1. The smallest absolute Gasteiger partial charge is 0.253 e. The molecule has 0 saturated carbocycles. The van der Waals surface area contributed by atoms with Crippen molar-refractivity contribution in [3.05, 3.63) is 70.2 Å². The molecule has 6 heteroatoms. The second kappa shape index (κ2) is 9.02. The van der Waals surface area contributed by atoms with E-state index < -0.39 is 6.04 Å². The fourth-order valence-electron chi connectivity index (χ4n) is 3.22. The Morgan fingerprint density at radius 2 is 1.81 bits per heavy atom. The van der Waals surface area contributed by atoms with Crippen LogP contribution >= 0.6 is 11.6 Å². The summed E-state index contributed by atoms with van der Waals surface area (Å²) < 4.78 is 0. The summed E-state index contributed by atoms with van der Waals surface area (Å²) in [5, 5.41) is 5.95. The van der Waals surface area contributed by atoms with Gasteiger partial charge in [0.1, 0.15) is 6.04 Å². The quantitative estimate of drug-likeness (QED) is 0.803. The second-order valence-electron chi connectivity index (χ2n) is 6.76. The predicted octanol–water partition coefficient (Wildman–Crippen LogP) is 2.63. The molecular weight excluding hydrogens is 362 g/mol. The van der Waals surface area contributed by atoms with Crippen molar-refractivity contribution in [3.63, 3.8) is 0 Å². The Labute approximate surface area is 164 Å². The Kier molecular flexibility index (Phi) is 6.48. The van der Waals surface area contributed by atoms with E-state index >= 15 is 0 Å². The minimum absolute atomic E-state index is 0.201. The number of benzene rings is 2. The van der Waals surface area contributed by atoms with Crippen LogP contribution in [0.2, 0.25) is 5.02 Å². The van der Waals surface area contributed by atoms with E-state index in [0.29, 0.717) is 17.1 Å². The minimum atomic E-state index is -0.629. The molecule has 1 aliphatic heterocycles. The van der Waals surface area contributed by atoms with Gasteiger partial charge in [0.2, 0.25) is 5.91 Å². The lowest BCUT2D eigenvalue weighted by molar-refractivity contribution is -0.122. The molecule has 1 heterocycles. The van der Waals surface area contributed by atoms with Crippen LogP contribution in [-0.2, 0) is 17.8 Å². The van der Waals surface area contributed by atoms with Crippen LogP contribution in [-0.4, -0.2) is 42.4 Å². The van der Waals surface area contributed by atoms with Crippen LogP contribution in [0.4, 0.5) is 0 Å². The Morgan fingerprint density at radius 1 is 1.11 bits per heavy atom. The summed E-state index contributed by atoms with van der Waals surface area (Å²) in [6, 6.07) is 14.6. The van der Waals surface area contributed by atoms with E-state index in [1.165, 1.54) is 11.1 Å². The van der Waals surface area contributed by atoms with E-state index in [2.05, 4.69) is 39.8 Å². The van der Waals surface area contributed by atoms with Gasteiger partial charge in [-0.2, -0.15) is 0 Å². The number of fused-ring (bicyclic) bond motifs is 1. The van der Waals surface area contributed by atoms with E-state index in [4.69, 9.17) is 11.6 Å². The van der Waals surface area contributed by atoms with Crippen LogP contribution in [0.1, 0.15) is 28.4 Å². The normalized spacial score (nSPS) is 14.9. The fraction of sp³-hybridized carbons (Fsp3) is 0.333. The molecule has 0 saturated heterocycles. The van der Waals surface area contributed by atoms with Crippen molar-refractivity contribution >= 4 is 23.4 Å². The summed E-state index contributed by atoms with van der Waals surface area (Å²) in [7, 11) is 0. The highest BCUT2D eigenvalue weighted by Gasteiger charge is 2.19. The molecule has 27 heavy (non-hydrogen) atoms. The lowest BCUT2D eigenvalue weighted by Gasteiger charge is -2.28. The van der Waals surface area contributed by atoms with Crippen molar-refractivity contribution in [2.75, 3.05) is 19.6 Å². The van der Waals surface area contributed by atoms with Crippen LogP contribution < -0.4 is 10.6 Å². The Hall–Kier alpha value is -2.37. The topological polar surface area (TPSA) is 61.4 Å². The van der Waals surface area contributed by atoms with Crippen molar-refractivity contribution in [1.82, 2.24) is 15.5 Å². The predicted molar refractivity (Wildman–Crippen MR) is 107 cm³/mol. The standard InChI is InChI=1S/C21H24ClN3O2/c1-15(24-21(27)18-8-4-5-9-19(18)22)20(26)23-11-13-25-12-10-16-6-2-3-7-17(16)14-25/h2-9,15H,10-14H2,1H3,(H,23,26)(H,24,27)/t15-/m0/s1. The molecule has 0 bridgehead atoms. The number of nitrogens with one attached hydrogen (secondary N) is 2. The van der Waals surface area contributed by atoms with Crippen molar-refractivity contribution < 1.29 is 9.59 Å². The van der Waals surface area contributed by atoms with Crippen molar-refractivity contribution in [2.45, 2.75) is 25.9 Å². The number of halogens is 1. The Balaban J connectivity index is 1.43. The SMILES string of the molecule is C[C@H](NC(=O)c1ccccc1Cl)C(=O)NCCN1CCc2ccccc2C1. The zero-order valence-electron chi connectivity index (χ0n) is 15.4. The maximum absolute atomic E-state index is 12.3. The van der Waals surface area contributed by atoms with Crippen LogP contribution in [0.25, 0.3) is 0 Å². The van der Waals surface area contributed by atoms with Gasteiger partial charge in [-0.3, -0.25) is 14.5 Å². The molecule has 3 rings (SSSR count). The number of hydrogen-bond acceptors (Lipinski definition) is 3. The number of hydrogen-bond donors (Lipinski definition) is 2. The Morgan fingerprint density at radius 3 is 2.59 bits per heavy atom. The Bertz CT molecular complexity index is 825. The highest BCUT2D eigenvalue weighted by atomic mass is 35.5. The van der Waals surface area contributed by atoms with Gasteiger partial charge in [0.25, 0.3) is 5.91 Å². The van der Waals surface area contributed by atoms with Gasteiger partial charge in [-0.25, -0.2) is 0 Å². The second-order valence-corrected chi connectivity index (χ2v) is 7.17. The third kappa shape index (κ3) is 5.08. The lowest BCUT2D eigenvalue weighted by atomic mass is 10.00. The highest BCUT2D eigenvalue weighted by Crippen LogP contribution is 2.18. The first kappa shape index (κ1) is 19.4. The molecule has 0 radical (unpaired) electrons. The highest BCUT2D eigenvalue weighted by molar-refractivity contribution is 6.33. The van der Waals surface area contributed by atoms with Gasteiger partial charge in [-0.1, -0.05) is 48.0 Å². The van der Waals surface area contributed by atoms with E-state index in [9.17, 15) is 9.59 Å². The van der Waals surface area contributed by atoms with Crippen molar-refractivity contribution in [2.24, 2.45) is 0 Å². The molecular formula is C21H24ClN3O2. The first-order chi connectivity index (χ1) is 13.0. The average molecular weight is 386 g/mol. The van der Waals surface area contributed by atoms with E-state index in [0.717, 1.165) is 26.1 Å². The number of rotatable bonds is 6. The van der Waals surface area contributed by atoms with Gasteiger partial charge in [0, 0.05) is 26.2 Å². The van der Waals surface area contributed by atoms with E-state index in [-0.39, 0.29) is 11.8 Å². The zero-order chi connectivity index (χ0) is 19.2. The molecule has 2 aromatic carbocycles. The molecule has 2 amide bonds.